The molecule has 1 fully saturated rings. The first-order chi connectivity index (χ1) is 10.0. The average Bonchev–Trinajstić information content (AvgIpc) is 3.09. The predicted molar refractivity (Wildman–Crippen MR) is 73.4 cm³/mol. The van der Waals surface area contributed by atoms with E-state index in [1.807, 2.05) is 0 Å². The zero-order valence-electron chi connectivity index (χ0n) is 12.0. The van der Waals surface area contributed by atoms with Crippen molar-refractivity contribution in [3.8, 4) is 0 Å². The molecular formula is C15H16FN3O2. The zero-order valence-corrected chi connectivity index (χ0v) is 12.0. The first-order valence-electron chi connectivity index (χ1n) is 6.90. The molecule has 0 spiro atoms. The number of carbonyl (C=O) groups is 1. The van der Waals surface area contributed by atoms with E-state index < -0.39 is 0 Å². The quantitative estimate of drug-likeness (QED) is 0.852. The van der Waals surface area contributed by atoms with Crippen molar-refractivity contribution in [3.05, 3.63) is 46.9 Å². The van der Waals surface area contributed by atoms with Crippen molar-refractivity contribution in [1.29, 1.82) is 0 Å². The molecule has 1 amide bonds. The molecule has 0 bridgehead atoms. The van der Waals surface area contributed by atoms with Crippen molar-refractivity contribution in [2.24, 2.45) is 0 Å². The number of hydrogen-bond acceptors (Lipinski definition) is 4. The topological polar surface area (TPSA) is 59.2 Å². The van der Waals surface area contributed by atoms with Gasteiger partial charge in [-0.3, -0.25) is 4.79 Å². The van der Waals surface area contributed by atoms with Gasteiger partial charge in [0.25, 0.3) is 5.91 Å². The Labute approximate surface area is 121 Å². The van der Waals surface area contributed by atoms with Crippen LogP contribution in [0.2, 0.25) is 0 Å². The summed E-state index contributed by atoms with van der Waals surface area (Å²) in [5.74, 6) is 0.878. The largest absolute Gasteiger partial charge is 0.339 e. The lowest BCUT2D eigenvalue weighted by Crippen LogP contribution is -2.28. The summed E-state index contributed by atoms with van der Waals surface area (Å²) in [7, 11) is 0. The van der Waals surface area contributed by atoms with E-state index in [1.165, 1.54) is 12.1 Å². The van der Waals surface area contributed by atoms with Crippen LogP contribution in [0, 0.1) is 19.7 Å². The summed E-state index contributed by atoms with van der Waals surface area (Å²) in [6.45, 7) is 4.62. The second-order valence-corrected chi connectivity index (χ2v) is 5.38. The fourth-order valence-corrected chi connectivity index (χ4v) is 2.59. The molecule has 1 aromatic carbocycles. The second kappa shape index (κ2) is 5.27. The van der Waals surface area contributed by atoms with Crippen molar-refractivity contribution in [3.63, 3.8) is 0 Å². The zero-order chi connectivity index (χ0) is 15.0. The summed E-state index contributed by atoms with van der Waals surface area (Å²) in [4.78, 5) is 18.4. The number of amides is 1. The smallest absolute Gasteiger partial charge is 0.253 e. The Hall–Kier alpha value is -2.24. The van der Waals surface area contributed by atoms with Gasteiger partial charge in [0.1, 0.15) is 5.82 Å². The summed E-state index contributed by atoms with van der Waals surface area (Å²) in [6.07, 6.45) is 0.799. The molecule has 0 N–H and O–H groups in total. The number of likely N-dealkylation sites (tertiary alicyclic amines) is 1. The molecule has 3 rings (SSSR count). The van der Waals surface area contributed by atoms with Crippen molar-refractivity contribution in [1.82, 2.24) is 15.0 Å². The van der Waals surface area contributed by atoms with Crippen molar-refractivity contribution < 1.29 is 13.7 Å². The second-order valence-electron chi connectivity index (χ2n) is 5.38. The molecule has 110 valence electrons. The molecule has 6 heteroatoms. The number of nitrogens with zero attached hydrogens (tertiary/aromatic N) is 3. The van der Waals surface area contributed by atoms with E-state index >= 15 is 0 Å². The van der Waals surface area contributed by atoms with Crippen LogP contribution in [-0.4, -0.2) is 34.0 Å². The van der Waals surface area contributed by atoms with Gasteiger partial charge in [-0.1, -0.05) is 5.16 Å². The highest BCUT2D eigenvalue weighted by Gasteiger charge is 2.31. The third kappa shape index (κ3) is 2.66. The Morgan fingerprint density at radius 1 is 1.43 bits per heavy atom. The maximum Gasteiger partial charge on any atom is 0.253 e. The molecule has 1 aliphatic rings. The SMILES string of the molecule is Cc1noc([C@H]2CCN(C(=O)c3ccc(F)c(C)c3)C2)n1. The van der Waals surface area contributed by atoms with Gasteiger partial charge in [0.2, 0.25) is 5.89 Å². The summed E-state index contributed by atoms with van der Waals surface area (Å²) in [5, 5.41) is 3.78. The van der Waals surface area contributed by atoms with Crippen molar-refractivity contribution >= 4 is 5.91 Å². The van der Waals surface area contributed by atoms with E-state index in [4.69, 9.17) is 4.52 Å². The van der Waals surface area contributed by atoms with E-state index in [-0.39, 0.29) is 17.6 Å². The lowest BCUT2D eigenvalue weighted by molar-refractivity contribution is 0.0789. The first kappa shape index (κ1) is 13.7. The Morgan fingerprint density at radius 2 is 2.24 bits per heavy atom. The Morgan fingerprint density at radius 3 is 2.90 bits per heavy atom. The van der Waals surface area contributed by atoms with Crippen molar-refractivity contribution in [2.75, 3.05) is 13.1 Å². The lowest BCUT2D eigenvalue weighted by Gasteiger charge is -2.16. The average molecular weight is 289 g/mol. The minimum absolute atomic E-state index is 0.0803. The van der Waals surface area contributed by atoms with E-state index in [9.17, 15) is 9.18 Å². The van der Waals surface area contributed by atoms with Gasteiger partial charge in [-0.05, 0) is 44.0 Å². The minimum Gasteiger partial charge on any atom is -0.339 e. The lowest BCUT2D eigenvalue weighted by atomic mass is 10.1. The van der Waals surface area contributed by atoms with E-state index in [1.54, 1.807) is 24.8 Å². The predicted octanol–water partition coefficient (Wildman–Crippen LogP) is 2.46. The third-order valence-corrected chi connectivity index (χ3v) is 3.77. The number of rotatable bonds is 2. The van der Waals surface area contributed by atoms with Crippen LogP contribution in [0.15, 0.2) is 22.7 Å². The minimum atomic E-state index is -0.299. The molecular weight excluding hydrogens is 273 g/mol. The molecule has 1 aliphatic heterocycles. The highest BCUT2D eigenvalue weighted by Crippen LogP contribution is 2.27. The van der Waals surface area contributed by atoms with Crippen molar-refractivity contribution in [2.45, 2.75) is 26.2 Å². The van der Waals surface area contributed by atoms with E-state index in [0.717, 1.165) is 6.42 Å². The van der Waals surface area contributed by atoms with Crippen LogP contribution in [0.4, 0.5) is 4.39 Å². The highest BCUT2D eigenvalue weighted by atomic mass is 19.1. The molecule has 5 nitrogen and oxygen atoms in total. The van der Waals surface area contributed by atoms with Gasteiger partial charge in [0.05, 0.1) is 5.92 Å². The van der Waals surface area contributed by atoms with Crippen LogP contribution in [0.5, 0.6) is 0 Å². The van der Waals surface area contributed by atoms with Gasteiger partial charge in [-0.15, -0.1) is 0 Å². The third-order valence-electron chi connectivity index (χ3n) is 3.77. The molecule has 1 aromatic heterocycles. The summed E-state index contributed by atoms with van der Waals surface area (Å²) in [5.41, 5.74) is 0.986. The fourth-order valence-electron chi connectivity index (χ4n) is 2.59. The van der Waals surface area contributed by atoms with Gasteiger partial charge in [-0.25, -0.2) is 4.39 Å². The van der Waals surface area contributed by atoms with Gasteiger partial charge < -0.3 is 9.42 Å². The van der Waals surface area contributed by atoms with Crippen LogP contribution in [-0.2, 0) is 0 Å². The Balaban J connectivity index is 1.73. The van der Waals surface area contributed by atoms with Gasteiger partial charge in [0, 0.05) is 18.7 Å². The molecule has 1 saturated heterocycles. The standard InChI is InChI=1S/C15H16FN3O2/c1-9-7-11(3-4-13(9)16)15(20)19-6-5-12(8-19)14-17-10(2)18-21-14/h3-4,7,12H,5-6,8H2,1-2H3/t12-/m0/s1. The van der Waals surface area contributed by atoms with E-state index in [0.29, 0.717) is 35.9 Å². The number of aromatic nitrogens is 2. The first-order valence-corrected chi connectivity index (χ1v) is 6.90. The monoisotopic (exact) mass is 289 g/mol. The van der Waals surface area contributed by atoms with Gasteiger partial charge in [-0.2, -0.15) is 4.98 Å². The summed E-state index contributed by atoms with van der Waals surface area (Å²) < 4.78 is 18.4. The van der Waals surface area contributed by atoms with Gasteiger partial charge >= 0.3 is 0 Å². The molecule has 1 atom stereocenters. The molecule has 0 saturated carbocycles. The van der Waals surface area contributed by atoms with E-state index in [2.05, 4.69) is 10.1 Å². The maximum atomic E-state index is 13.3. The molecule has 0 unspecified atom stereocenters. The molecule has 0 radical (unpaired) electrons. The van der Waals surface area contributed by atoms with Gasteiger partial charge in [0.15, 0.2) is 5.82 Å². The van der Waals surface area contributed by atoms with Crippen LogP contribution in [0.3, 0.4) is 0 Å². The molecule has 2 aromatic rings. The van der Waals surface area contributed by atoms with Crippen LogP contribution in [0.1, 0.15) is 40.0 Å². The number of benzene rings is 1. The maximum absolute atomic E-state index is 13.3. The number of aryl methyl sites for hydroxylation is 2. The molecule has 21 heavy (non-hydrogen) atoms. The van der Waals surface area contributed by atoms with Crippen LogP contribution >= 0.6 is 0 Å². The number of halogens is 1. The van der Waals surface area contributed by atoms with Crippen LogP contribution in [0.25, 0.3) is 0 Å². The normalized spacial score (nSPS) is 18.2. The number of carbonyl (C=O) groups excluding carboxylic acids is 1. The fraction of sp³-hybridized carbons (Fsp3) is 0.400. The highest BCUT2D eigenvalue weighted by molar-refractivity contribution is 5.94. The molecule has 2 heterocycles. The van der Waals surface area contributed by atoms with Crippen LogP contribution < -0.4 is 0 Å². The Kier molecular flexibility index (Phi) is 3.45. The number of hydrogen-bond donors (Lipinski definition) is 0. The summed E-state index contributed by atoms with van der Waals surface area (Å²) >= 11 is 0. The Bertz CT molecular complexity index is 683. The molecule has 0 aliphatic carbocycles. The summed E-state index contributed by atoms with van der Waals surface area (Å²) in [6, 6.07) is 4.44.